The molecule has 1 aliphatic rings. The van der Waals surface area contributed by atoms with Gasteiger partial charge in [0.15, 0.2) is 0 Å². The summed E-state index contributed by atoms with van der Waals surface area (Å²) in [6.07, 6.45) is 1.58. The molecule has 0 radical (unpaired) electrons. The van der Waals surface area contributed by atoms with Crippen molar-refractivity contribution < 1.29 is 19.7 Å². The Morgan fingerprint density at radius 2 is 1.14 bits per heavy atom. The van der Waals surface area contributed by atoms with E-state index in [1.807, 2.05) is 36.4 Å². The third-order valence-electron chi connectivity index (χ3n) is 5.98. The SMILES string of the molecule is COc1ccc2[nH]cc(C3C([O-])C(c4c[nH]c5ccc(OC)cc45)C3[O-])c2c1. The van der Waals surface area contributed by atoms with E-state index in [0.717, 1.165) is 32.9 Å². The maximum Gasteiger partial charge on any atom is 0.119 e. The first-order chi connectivity index (χ1) is 13.6. The number of rotatable bonds is 4. The monoisotopic (exact) mass is 376 g/mol. The minimum Gasteiger partial charge on any atom is -0.851 e. The highest BCUT2D eigenvalue weighted by Crippen LogP contribution is 2.49. The number of aromatic amines is 2. The second-order valence-electron chi connectivity index (χ2n) is 7.29. The largest absolute Gasteiger partial charge is 0.851 e. The maximum absolute atomic E-state index is 13.2. The van der Waals surface area contributed by atoms with Crippen molar-refractivity contribution in [3.05, 3.63) is 59.9 Å². The molecule has 1 aliphatic carbocycles. The second kappa shape index (κ2) is 6.29. The van der Waals surface area contributed by atoms with E-state index in [2.05, 4.69) is 9.97 Å². The van der Waals surface area contributed by atoms with Crippen LogP contribution < -0.4 is 19.7 Å². The second-order valence-corrected chi connectivity index (χ2v) is 7.29. The first-order valence-corrected chi connectivity index (χ1v) is 9.24. The van der Waals surface area contributed by atoms with E-state index >= 15 is 0 Å². The normalized spacial score (nSPS) is 24.4. The zero-order valence-electron chi connectivity index (χ0n) is 15.6. The molecule has 6 nitrogen and oxygen atoms in total. The van der Waals surface area contributed by atoms with Gasteiger partial charge >= 0.3 is 0 Å². The zero-order chi connectivity index (χ0) is 19.4. The Labute approximate surface area is 161 Å². The Hall–Kier alpha value is -2.96. The highest BCUT2D eigenvalue weighted by Gasteiger charge is 2.40. The standard InChI is InChI=1S/C22H20N2O4/c1-27-11-3-5-17-13(7-11)15(9-23-17)19-21(25)20(22(19)26)16-10-24-18-6-4-12(28-2)8-14(16)18/h3-10,19-24H,1-2H3/q-2. The van der Waals surface area contributed by atoms with Crippen molar-refractivity contribution in [2.24, 2.45) is 0 Å². The number of fused-ring (bicyclic) bond motifs is 2. The van der Waals surface area contributed by atoms with Gasteiger partial charge in [-0.1, -0.05) is 0 Å². The van der Waals surface area contributed by atoms with Crippen LogP contribution in [0.1, 0.15) is 23.0 Å². The molecule has 144 valence electrons. The highest BCUT2D eigenvalue weighted by atomic mass is 16.5. The fourth-order valence-electron chi connectivity index (χ4n) is 4.43. The van der Waals surface area contributed by atoms with Crippen molar-refractivity contribution >= 4 is 21.8 Å². The fraction of sp³-hybridized carbons (Fsp3) is 0.273. The third kappa shape index (κ3) is 2.35. The van der Waals surface area contributed by atoms with Crippen LogP contribution in [0.5, 0.6) is 11.5 Å². The van der Waals surface area contributed by atoms with Crippen LogP contribution in [0.2, 0.25) is 0 Å². The number of methoxy groups -OCH3 is 2. The molecule has 0 atom stereocenters. The van der Waals surface area contributed by atoms with Crippen LogP contribution in [-0.2, 0) is 0 Å². The predicted molar refractivity (Wildman–Crippen MR) is 103 cm³/mol. The molecule has 2 aromatic heterocycles. The molecule has 4 aromatic rings. The smallest absolute Gasteiger partial charge is 0.119 e. The quantitative estimate of drug-likeness (QED) is 0.569. The fourth-order valence-corrected chi connectivity index (χ4v) is 4.43. The molecule has 6 heteroatoms. The molecule has 28 heavy (non-hydrogen) atoms. The molecule has 0 bridgehead atoms. The predicted octanol–water partition coefficient (Wildman–Crippen LogP) is 2.01. The molecule has 2 heterocycles. The lowest BCUT2D eigenvalue weighted by Gasteiger charge is -2.61. The van der Waals surface area contributed by atoms with Crippen molar-refractivity contribution in [1.29, 1.82) is 0 Å². The van der Waals surface area contributed by atoms with Crippen molar-refractivity contribution in [3.8, 4) is 11.5 Å². The maximum atomic E-state index is 13.2. The summed E-state index contributed by atoms with van der Waals surface area (Å²) in [5, 5.41) is 28.1. The third-order valence-corrected chi connectivity index (χ3v) is 5.98. The van der Waals surface area contributed by atoms with Crippen molar-refractivity contribution in [2.75, 3.05) is 14.2 Å². The number of benzene rings is 2. The van der Waals surface area contributed by atoms with E-state index in [1.165, 1.54) is 0 Å². The summed E-state index contributed by atoms with van der Waals surface area (Å²) in [6.45, 7) is 0. The van der Waals surface area contributed by atoms with E-state index < -0.39 is 24.0 Å². The highest BCUT2D eigenvalue weighted by molar-refractivity contribution is 5.87. The summed E-state index contributed by atoms with van der Waals surface area (Å²) >= 11 is 0. The Kier molecular flexibility index (Phi) is 3.86. The molecule has 0 saturated heterocycles. The van der Waals surface area contributed by atoms with Gasteiger partial charge in [0, 0.05) is 34.2 Å². The van der Waals surface area contributed by atoms with E-state index in [0.29, 0.717) is 11.5 Å². The van der Waals surface area contributed by atoms with Gasteiger partial charge in [-0.3, -0.25) is 0 Å². The number of H-pyrrole nitrogens is 2. The summed E-state index contributed by atoms with van der Waals surface area (Å²) in [5.41, 5.74) is 3.36. The van der Waals surface area contributed by atoms with Gasteiger partial charge in [-0.05, 0) is 59.4 Å². The summed E-state index contributed by atoms with van der Waals surface area (Å²) in [7, 11) is 3.20. The van der Waals surface area contributed by atoms with Gasteiger partial charge in [0.25, 0.3) is 0 Å². The minimum absolute atomic E-state index is 0.582. The van der Waals surface area contributed by atoms with Crippen LogP contribution in [0.25, 0.3) is 21.8 Å². The number of hydrogen-bond acceptors (Lipinski definition) is 4. The Morgan fingerprint density at radius 1 is 0.714 bits per heavy atom. The summed E-state index contributed by atoms with van der Waals surface area (Å²) in [5.74, 6) is 0.249. The average Bonchev–Trinajstić information content (AvgIpc) is 3.32. The lowest BCUT2D eigenvalue weighted by atomic mass is 9.63. The van der Waals surface area contributed by atoms with Gasteiger partial charge in [-0.2, -0.15) is 0 Å². The molecular weight excluding hydrogens is 356 g/mol. The van der Waals surface area contributed by atoms with Crippen LogP contribution in [-0.4, -0.2) is 36.4 Å². The van der Waals surface area contributed by atoms with Crippen molar-refractivity contribution in [3.63, 3.8) is 0 Å². The van der Waals surface area contributed by atoms with Gasteiger partial charge in [0.1, 0.15) is 11.5 Å². The van der Waals surface area contributed by atoms with Gasteiger partial charge in [0.2, 0.25) is 0 Å². The lowest BCUT2D eigenvalue weighted by Crippen LogP contribution is -2.63. The first-order valence-electron chi connectivity index (χ1n) is 9.24. The molecule has 0 spiro atoms. The van der Waals surface area contributed by atoms with E-state index in [4.69, 9.17) is 9.47 Å². The number of nitrogens with one attached hydrogen (secondary N) is 2. The zero-order valence-corrected chi connectivity index (χ0v) is 15.6. The molecular formula is C22H20N2O4-2. The Morgan fingerprint density at radius 3 is 1.54 bits per heavy atom. The van der Waals surface area contributed by atoms with Gasteiger partial charge in [-0.15, -0.1) is 12.2 Å². The first kappa shape index (κ1) is 17.2. The molecule has 0 aliphatic heterocycles. The molecule has 2 aromatic carbocycles. The summed E-state index contributed by atoms with van der Waals surface area (Å²) in [4.78, 5) is 6.34. The summed E-state index contributed by atoms with van der Waals surface area (Å²) < 4.78 is 10.6. The van der Waals surface area contributed by atoms with Crippen LogP contribution in [0, 0.1) is 0 Å². The Bertz CT molecular complexity index is 1060. The Balaban J connectivity index is 1.52. The molecule has 5 rings (SSSR count). The van der Waals surface area contributed by atoms with Gasteiger partial charge in [-0.25, -0.2) is 0 Å². The van der Waals surface area contributed by atoms with E-state index in [9.17, 15) is 10.2 Å². The van der Waals surface area contributed by atoms with Crippen LogP contribution in [0.3, 0.4) is 0 Å². The number of hydrogen-bond donors (Lipinski definition) is 2. The van der Waals surface area contributed by atoms with Crippen LogP contribution >= 0.6 is 0 Å². The van der Waals surface area contributed by atoms with Gasteiger partial charge in [0.05, 0.1) is 14.2 Å². The van der Waals surface area contributed by atoms with E-state index in [1.54, 1.807) is 26.6 Å². The van der Waals surface area contributed by atoms with Crippen LogP contribution in [0.4, 0.5) is 0 Å². The molecule has 0 amide bonds. The van der Waals surface area contributed by atoms with E-state index in [-0.39, 0.29) is 0 Å². The molecule has 0 unspecified atom stereocenters. The number of aromatic nitrogens is 2. The lowest BCUT2D eigenvalue weighted by molar-refractivity contribution is -0.535. The van der Waals surface area contributed by atoms with Crippen molar-refractivity contribution in [2.45, 2.75) is 24.0 Å². The average molecular weight is 376 g/mol. The molecule has 1 saturated carbocycles. The van der Waals surface area contributed by atoms with Crippen LogP contribution in [0.15, 0.2) is 48.8 Å². The molecule has 2 N–H and O–H groups in total. The van der Waals surface area contributed by atoms with Crippen molar-refractivity contribution in [1.82, 2.24) is 9.97 Å². The summed E-state index contributed by atoms with van der Waals surface area (Å²) in [6, 6.07) is 11.3. The minimum atomic E-state index is -1.00. The molecule has 1 fully saturated rings. The number of ether oxygens (including phenoxy) is 2. The topological polar surface area (TPSA) is 96.2 Å². The van der Waals surface area contributed by atoms with Gasteiger partial charge < -0.3 is 29.7 Å².